The predicted octanol–water partition coefficient (Wildman–Crippen LogP) is 5.74. The first-order valence-electron chi connectivity index (χ1n) is 9.70. The lowest BCUT2D eigenvalue weighted by Gasteiger charge is -2.19. The number of hydrogen-bond acceptors (Lipinski definition) is 5. The molecule has 1 heterocycles. The Labute approximate surface area is 176 Å². The number of unbranched alkanes of at least 4 members (excludes halogenated alkanes) is 1. The van der Waals surface area contributed by atoms with Gasteiger partial charge in [-0.3, -0.25) is 0 Å². The van der Waals surface area contributed by atoms with Crippen LogP contribution in [-0.2, 0) is 4.74 Å². The third-order valence-electron chi connectivity index (χ3n) is 4.76. The SMILES string of the molecule is CCN(CCCCOc1ccc2c(-c3ccc(Cl)cc3)nsc2c1)CCOC. The van der Waals surface area contributed by atoms with Crippen molar-refractivity contribution in [1.82, 2.24) is 9.27 Å². The molecule has 0 unspecified atom stereocenters. The van der Waals surface area contributed by atoms with Gasteiger partial charge in [0, 0.05) is 29.6 Å². The fourth-order valence-electron chi connectivity index (χ4n) is 3.10. The van der Waals surface area contributed by atoms with Gasteiger partial charge in [0.2, 0.25) is 0 Å². The first-order valence-corrected chi connectivity index (χ1v) is 10.9. The normalized spacial score (nSPS) is 11.4. The summed E-state index contributed by atoms with van der Waals surface area (Å²) in [6.07, 6.45) is 2.17. The number of likely N-dealkylation sites (N-methyl/N-ethyl adjacent to an activating group) is 1. The van der Waals surface area contributed by atoms with Gasteiger partial charge in [-0.2, -0.15) is 4.37 Å². The number of fused-ring (bicyclic) bond motifs is 1. The molecule has 0 N–H and O–H groups in total. The molecule has 0 saturated heterocycles. The summed E-state index contributed by atoms with van der Waals surface area (Å²) in [6.45, 7) is 6.84. The van der Waals surface area contributed by atoms with Gasteiger partial charge in [0.1, 0.15) is 5.75 Å². The van der Waals surface area contributed by atoms with Gasteiger partial charge in [-0.05, 0) is 67.8 Å². The lowest BCUT2D eigenvalue weighted by atomic mass is 10.1. The first kappa shape index (κ1) is 21.1. The van der Waals surface area contributed by atoms with Gasteiger partial charge in [0.15, 0.2) is 0 Å². The van der Waals surface area contributed by atoms with Crippen molar-refractivity contribution in [3.05, 3.63) is 47.5 Å². The van der Waals surface area contributed by atoms with Gasteiger partial charge in [-0.25, -0.2) is 0 Å². The summed E-state index contributed by atoms with van der Waals surface area (Å²) in [5.41, 5.74) is 2.08. The van der Waals surface area contributed by atoms with E-state index in [1.165, 1.54) is 11.5 Å². The number of halogens is 1. The molecule has 3 rings (SSSR count). The Bertz CT molecular complexity index is 867. The third-order valence-corrected chi connectivity index (χ3v) is 5.82. The third kappa shape index (κ3) is 5.67. The van der Waals surface area contributed by atoms with E-state index < -0.39 is 0 Å². The van der Waals surface area contributed by atoms with Gasteiger partial charge in [-0.1, -0.05) is 30.7 Å². The van der Waals surface area contributed by atoms with Crippen molar-refractivity contribution in [2.24, 2.45) is 0 Å². The molecule has 6 heteroatoms. The molecule has 0 aliphatic carbocycles. The number of nitrogens with zero attached hydrogens (tertiary/aromatic N) is 2. The maximum absolute atomic E-state index is 5.99. The van der Waals surface area contributed by atoms with Crippen LogP contribution in [0.4, 0.5) is 0 Å². The van der Waals surface area contributed by atoms with Crippen molar-refractivity contribution in [3.8, 4) is 17.0 Å². The number of ether oxygens (including phenoxy) is 2. The molecule has 0 radical (unpaired) electrons. The van der Waals surface area contributed by atoms with Crippen LogP contribution in [0.1, 0.15) is 19.8 Å². The Morgan fingerprint density at radius 1 is 1.04 bits per heavy atom. The molecule has 3 aromatic rings. The molecular weight excluding hydrogens is 392 g/mol. The van der Waals surface area contributed by atoms with Gasteiger partial charge in [-0.15, -0.1) is 0 Å². The molecule has 28 heavy (non-hydrogen) atoms. The summed E-state index contributed by atoms with van der Waals surface area (Å²) in [4.78, 5) is 2.41. The Morgan fingerprint density at radius 3 is 2.61 bits per heavy atom. The highest BCUT2D eigenvalue weighted by atomic mass is 35.5. The monoisotopic (exact) mass is 418 g/mol. The van der Waals surface area contributed by atoms with Crippen LogP contribution < -0.4 is 4.74 Å². The highest BCUT2D eigenvalue weighted by Crippen LogP contribution is 2.33. The fraction of sp³-hybridized carbons (Fsp3) is 0.409. The Morgan fingerprint density at radius 2 is 1.86 bits per heavy atom. The van der Waals surface area contributed by atoms with Gasteiger partial charge >= 0.3 is 0 Å². The summed E-state index contributed by atoms with van der Waals surface area (Å²) < 4.78 is 16.9. The van der Waals surface area contributed by atoms with E-state index >= 15 is 0 Å². The quantitative estimate of drug-likeness (QED) is 0.371. The molecule has 150 valence electrons. The average molecular weight is 419 g/mol. The van der Waals surface area contributed by atoms with E-state index in [-0.39, 0.29) is 0 Å². The minimum absolute atomic E-state index is 0.732. The molecule has 4 nitrogen and oxygen atoms in total. The Kier molecular flexibility index (Phi) is 8.10. The van der Waals surface area contributed by atoms with Gasteiger partial charge in [0.05, 0.1) is 23.6 Å². The fourth-order valence-corrected chi connectivity index (χ4v) is 4.05. The molecule has 0 spiro atoms. The Hall–Kier alpha value is -1.66. The highest BCUT2D eigenvalue weighted by Gasteiger charge is 2.10. The standard InChI is InChI=1S/C22H27ClN2O2S/c1-3-25(13-15-26-2)12-4-5-14-27-19-10-11-20-21(16-19)28-24-22(20)17-6-8-18(23)9-7-17/h6-11,16H,3-5,12-15H2,1-2H3. The number of benzene rings is 2. The topological polar surface area (TPSA) is 34.6 Å². The van der Waals surface area contributed by atoms with Crippen LogP contribution in [0.3, 0.4) is 0 Å². The van der Waals surface area contributed by atoms with Crippen LogP contribution in [0, 0.1) is 0 Å². The molecule has 2 aromatic carbocycles. The van der Waals surface area contributed by atoms with Crippen molar-refractivity contribution in [1.29, 1.82) is 0 Å². The minimum atomic E-state index is 0.732. The molecule has 0 fully saturated rings. The molecule has 0 aliphatic rings. The van der Waals surface area contributed by atoms with Crippen molar-refractivity contribution in [2.75, 3.05) is 40.0 Å². The summed E-state index contributed by atoms with van der Waals surface area (Å²) in [5, 5.41) is 1.89. The zero-order valence-electron chi connectivity index (χ0n) is 16.5. The molecule has 0 aliphatic heterocycles. The van der Waals surface area contributed by atoms with Crippen LogP contribution in [0.25, 0.3) is 21.3 Å². The predicted molar refractivity (Wildman–Crippen MR) is 119 cm³/mol. The molecule has 0 bridgehead atoms. The van der Waals surface area contributed by atoms with Crippen LogP contribution in [0.15, 0.2) is 42.5 Å². The number of hydrogen-bond donors (Lipinski definition) is 0. The van der Waals surface area contributed by atoms with E-state index in [1.807, 2.05) is 30.3 Å². The van der Waals surface area contributed by atoms with E-state index in [4.69, 9.17) is 21.1 Å². The molecule has 0 atom stereocenters. The summed E-state index contributed by atoms with van der Waals surface area (Å²) in [6, 6.07) is 14.0. The molecule has 0 saturated carbocycles. The van der Waals surface area contributed by atoms with Crippen molar-refractivity contribution < 1.29 is 9.47 Å². The number of aromatic nitrogens is 1. The van der Waals surface area contributed by atoms with E-state index in [2.05, 4.69) is 28.3 Å². The maximum Gasteiger partial charge on any atom is 0.120 e. The second-order valence-electron chi connectivity index (χ2n) is 6.68. The Balaban J connectivity index is 1.52. The van der Waals surface area contributed by atoms with Crippen LogP contribution in [-0.4, -0.2) is 49.2 Å². The van der Waals surface area contributed by atoms with E-state index in [1.54, 1.807) is 7.11 Å². The molecule has 0 amide bonds. The van der Waals surface area contributed by atoms with E-state index in [9.17, 15) is 0 Å². The largest absolute Gasteiger partial charge is 0.494 e. The van der Waals surface area contributed by atoms with Crippen molar-refractivity contribution in [3.63, 3.8) is 0 Å². The molecule has 1 aromatic heterocycles. The van der Waals surface area contributed by atoms with Gasteiger partial charge in [0.25, 0.3) is 0 Å². The summed E-state index contributed by atoms with van der Waals surface area (Å²) in [7, 11) is 1.75. The smallest absolute Gasteiger partial charge is 0.120 e. The van der Waals surface area contributed by atoms with Crippen LogP contribution in [0.2, 0.25) is 5.02 Å². The number of rotatable bonds is 11. The number of methoxy groups -OCH3 is 1. The van der Waals surface area contributed by atoms with Crippen LogP contribution >= 0.6 is 23.1 Å². The zero-order valence-corrected chi connectivity index (χ0v) is 18.1. The lowest BCUT2D eigenvalue weighted by Crippen LogP contribution is -2.28. The molecular formula is C22H27ClN2O2S. The van der Waals surface area contributed by atoms with Crippen molar-refractivity contribution >= 4 is 33.2 Å². The summed E-state index contributed by atoms with van der Waals surface area (Å²) in [5.74, 6) is 0.908. The van der Waals surface area contributed by atoms with Crippen molar-refractivity contribution in [2.45, 2.75) is 19.8 Å². The second kappa shape index (κ2) is 10.8. The summed E-state index contributed by atoms with van der Waals surface area (Å²) >= 11 is 7.49. The second-order valence-corrected chi connectivity index (χ2v) is 7.92. The maximum atomic E-state index is 5.99. The van der Waals surface area contributed by atoms with Gasteiger partial charge < -0.3 is 14.4 Å². The van der Waals surface area contributed by atoms with Crippen LogP contribution in [0.5, 0.6) is 5.75 Å². The first-order chi connectivity index (χ1) is 13.7. The lowest BCUT2D eigenvalue weighted by molar-refractivity contribution is 0.148. The van der Waals surface area contributed by atoms with E-state index in [0.29, 0.717) is 0 Å². The average Bonchev–Trinajstić information content (AvgIpc) is 3.14. The minimum Gasteiger partial charge on any atom is -0.494 e. The van der Waals surface area contributed by atoms with E-state index in [0.717, 1.165) is 77.8 Å². The highest BCUT2D eigenvalue weighted by molar-refractivity contribution is 7.13. The zero-order chi connectivity index (χ0) is 19.8.